The van der Waals surface area contributed by atoms with Gasteiger partial charge in [-0.1, -0.05) is 26.8 Å². The number of thiophene rings is 1. The van der Waals surface area contributed by atoms with E-state index in [4.69, 9.17) is 0 Å². The molecule has 0 bridgehead atoms. The van der Waals surface area contributed by atoms with Crippen LogP contribution in [0.5, 0.6) is 0 Å². The minimum Gasteiger partial charge on any atom is -0.392 e. The lowest BCUT2D eigenvalue weighted by molar-refractivity contribution is -0.144. The third kappa shape index (κ3) is 4.31. The van der Waals surface area contributed by atoms with E-state index >= 15 is 0 Å². The van der Waals surface area contributed by atoms with Crippen LogP contribution in [0.2, 0.25) is 0 Å². The number of rotatable bonds is 6. The van der Waals surface area contributed by atoms with E-state index in [1.165, 1.54) is 0 Å². The average Bonchev–Trinajstić information content (AvgIpc) is 3.44. The maximum absolute atomic E-state index is 12.8. The van der Waals surface area contributed by atoms with E-state index in [0.717, 1.165) is 43.4 Å². The van der Waals surface area contributed by atoms with Crippen molar-refractivity contribution in [2.24, 2.45) is 35.0 Å². The van der Waals surface area contributed by atoms with Crippen molar-refractivity contribution in [1.82, 2.24) is 10.6 Å². The fourth-order valence-corrected chi connectivity index (χ4v) is 6.73. The molecule has 7 unspecified atom stereocenters. The number of carbonyl (C=O) groups excluding carboxylic acids is 2. The Morgan fingerprint density at radius 1 is 1.27 bits per heavy atom. The summed E-state index contributed by atoms with van der Waals surface area (Å²) in [5.41, 5.74) is 0.0866. The van der Waals surface area contributed by atoms with Crippen LogP contribution in [0.4, 0.5) is 0 Å². The second kappa shape index (κ2) is 8.62. The molecule has 3 fully saturated rings. The topological polar surface area (TPSA) is 78.4 Å². The normalized spacial score (nSPS) is 37.1. The van der Waals surface area contributed by atoms with E-state index in [9.17, 15) is 14.7 Å². The molecule has 1 heterocycles. The van der Waals surface area contributed by atoms with Gasteiger partial charge in [-0.3, -0.25) is 9.59 Å². The zero-order valence-electron chi connectivity index (χ0n) is 18.4. The molecule has 7 atom stereocenters. The minimum atomic E-state index is -0.512. The number of aliphatic hydroxyl groups is 1. The summed E-state index contributed by atoms with van der Waals surface area (Å²) in [7, 11) is 0. The second-order valence-corrected chi connectivity index (χ2v) is 11.3. The number of hydrogen-bond acceptors (Lipinski definition) is 4. The second-order valence-electron chi connectivity index (χ2n) is 10.2. The third-order valence-electron chi connectivity index (χ3n) is 8.24. The Kier molecular flexibility index (Phi) is 6.27. The van der Waals surface area contributed by atoms with Crippen molar-refractivity contribution >= 4 is 23.2 Å². The minimum absolute atomic E-state index is 0.0260. The maximum atomic E-state index is 12.8. The van der Waals surface area contributed by atoms with Crippen molar-refractivity contribution in [3.8, 4) is 0 Å². The van der Waals surface area contributed by atoms with Crippen LogP contribution in [-0.2, 0) is 16.1 Å². The first-order valence-electron chi connectivity index (χ1n) is 11.6. The highest BCUT2D eigenvalue weighted by Gasteiger charge is 2.54. The van der Waals surface area contributed by atoms with Crippen molar-refractivity contribution in [3.05, 3.63) is 22.4 Å². The van der Waals surface area contributed by atoms with Gasteiger partial charge in [0.15, 0.2) is 0 Å². The van der Waals surface area contributed by atoms with Crippen LogP contribution >= 0.6 is 11.3 Å². The molecule has 0 radical (unpaired) electrons. The molecule has 6 heteroatoms. The van der Waals surface area contributed by atoms with Gasteiger partial charge in [-0.2, -0.15) is 0 Å². The Bertz CT molecular complexity index is 763. The molecular weight excluding hydrogens is 396 g/mol. The summed E-state index contributed by atoms with van der Waals surface area (Å²) >= 11 is 1.64. The summed E-state index contributed by atoms with van der Waals surface area (Å²) in [4.78, 5) is 26.3. The monoisotopic (exact) mass is 432 g/mol. The highest BCUT2D eigenvalue weighted by Crippen LogP contribution is 2.55. The zero-order valence-corrected chi connectivity index (χ0v) is 19.2. The van der Waals surface area contributed by atoms with Gasteiger partial charge in [0.05, 0.1) is 12.6 Å². The molecule has 1 aromatic heterocycles. The molecule has 4 rings (SSSR count). The van der Waals surface area contributed by atoms with Gasteiger partial charge in [0.25, 0.3) is 0 Å². The molecule has 166 valence electrons. The van der Waals surface area contributed by atoms with Gasteiger partial charge in [-0.05, 0) is 73.1 Å². The molecular formula is C24H36N2O3S. The highest BCUT2D eigenvalue weighted by atomic mass is 32.1. The van der Waals surface area contributed by atoms with Crippen molar-refractivity contribution in [2.45, 2.75) is 78.0 Å². The highest BCUT2D eigenvalue weighted by molar-refractivity contribution is 7.09. The summed E-state index contributed by atoms with van der Waals surface area (Å²) in [5, 5.41) is 19.8. The molecule has 0 saturated heterocycles. The molecule has 3 N–H and O–H groups in total. The summed E-state index contributed by atoms with van der Waals surface area (Å²) in [6.45, 7) is 7.00. The van der Waals surface area contributed by atoms with Gasteiger partial charge >= 0.3 is 0 Å². The van der Waals surface area contributed by atoms with Crippen LogP contribution < -0.4 is 10.6 Å². The van der Waals surface area contributed by atoms with E-state index < -0.39 is 6.10 Å². The first-order valence-corrected chi connectivity index (χ1v) is 12.5. The lowest BCUT2D eigenvalue weighted by Crippen LogP contribution is -2.58. The molecule has 1 aromatic rings. The third-order valence-corrected chi connectivity index (χ3v) is 9.11. The number of amides is 2. The number of nitrogens with one attached hydrogen (secondary N) is 2. The molecule has 0 aliphatic heterocycles. The summed E-state index contributed by atoms with van der Waals surface area (Å²) in [6.07, 6.45) is 5.44. The Labute approximate surface area is 184 Å². The quantitative estimate of drug-likeness (QED) is 0.641. The summed E-state index contributed by atoms with van der Waals surface area (Å²) < 4.78 is 0. The number of fused-ring (bicyclic) bond motifs is 1. The van der Waals surface area contributed by atoms with E-state index in [2.05, 4.69) is 24.5 Å². The first-order chi connectivity index (χ1) is 14.3. The van der Waals surface area contributed by atoms with Gasteiger partial charge in [0, 0.05) is 22.8 Å². The number of aliphatic hydroxyl groups excluding tert-OH is 1. The van der Waals surface area contributed by atoms with Gasteiger partial charge in [0.1, 0.15) is 0 Å². The van der Waals surface area contributed by atoms with Crippen molar-refractivity contribution in [3.63, 3.8) is 0 Å². The molecule has 0 aromatic carbocycles. The Balaban J connectivity index is 1.41. The average molecular weight is 433 g/mol. The van der Waals surface area contributed by atoms with Crippen LogP contribution in [0.15, 0.2) is 17.5 Å². The van der Waals surface area contributed by atoms with Gasteiger partial charge in [-0.15, -0.1) is 11.3 Å². The predicted octanol–water partition coefficient (Wildman–Crippen LogP) is 3.72. The standard InChI is InChI=1S/C24H36N2O3S/c1-14(22(28)25-13-17-5-4-12-30-17)18-8-10-24(3)11-9-19(15(2)20(24)21(18)27)26-23(29)16-6-7-16/h4-5,12,14-16,18-21,27H,6-11,13H2,1-3H3,(H,25,28)(H,26,29). The molecule has 3 aliphatic rings. The Hall–Kier alpha value is -1.40. The SMILES string of the molecule is CC(C(=O)NCc1cccs1)C1CCC2(C)CCC(NC(=O)C3CC3)C(C)C2C1O. The molecule has 3 saturated carbocycles. The van der Waals surface area contributed by atoms with Gasteiger partial charge in [0.2, 0.25) is 11.8 Å². The molecule has 0 spiro atoms. The lowest BCUT2D eigenvalue weighted by Gasteiger charge is -2.56. The van der Waals surface area contributed by atoms with Crippen LogP contribution in [-0.4, -0.2) is 29.1 Å². The van der Waals surface area contributed by atoms with Crippen molar-refractivity contribution in [2.75, 3.05) is 0 Å². The lowest BCUT2D eigenvalue weighted by atomic mass is 9.51. The molecule has 2 amide bonds. The van der Waals surface area contributed by atoms with Crippen LogP contribution in [0.1, 0.15) is 64.2 Å². The largest absolute Gasteiger partial charge is 0.392 e. The molecule has 30 heavy (non-hydrogen) atoms. The fourth-order valence-electron chi connectivity index (χ4n) is 6.09. The number of carbonyl (C=O) groups is 2. The maximum Gasteiger partial charge on any atom is 0.223 e. The Morgan fingerprint density at radius 2 is 2.00 bits per heavy atom. The predicted molar refractivity (Wildman–Crippen MR) is 119 cm³/mol. The van der Waals surface area contributed by atoms with E-state index in [0.29, 0.717) is 6.54 Å². The fraction of sp³-hybridized carbons (Fsp3) is 0.750. The zero-order chi connectivity index (χ0) is 21.5. The smallest absolute Gasteiger partial charge is 0.223 e. The first kappa shape index (κ1) is 21.8. The molecule has 5 nitrogen and oxygen atoms in total. The van der Waals surface area contributed by atoms with Gasteiger partial charge in [-0.25, -0.2) is 0 Å². The summed E-state index contributed by atoms with van der Waals surface area (Å²) in [6, 6.07) is 4.15. The van der Waals surface area contributed by atoms with E-state index in [1.807, 2.05) is 24.4 Å². The summed E-state index contributed by atoms with van der Waals surface area (Å²) in [5.74, 6) is 0.496. The van der Waals surface area contributed by atoms with E-state index in [-0.39, 0.29) is 52.9 Å². The van der Waals surface area contributed by atoms with Crippen LogP contribution in [0.3, 0.4) is 0 Å². The van der Waals surface area contributed by atoms with Crippen molar-refractivity contribution < 1.29 is 14.7 Å². The van der Waals surface area contributed by atoms with Crippen LogP contribution in [0, 0.1) is 35.0 Å². The van der Waals surface area contributed by atoms with Crippen molar-refractivity contribution in [1.29, 1.82) is 0 Å². The Morgan fingerprint density at radius 3 is 2.67 bits per heavy atom. The number of hydrogen-bond donors (Lipinski definition) is 3. The molecule has 3 aliphatic carbocycles. The van der Waals surface area contributed by atoms with Crippen LogP contribution in [0.25, 0.3) is 0 Å². The van der Waals surface area contributed by atoms with E-state index in [1.54, 1.807) is 11.3 Å². The van der Waals surface area contributed by atoms with Gasteiger partial charge < -0.3 is 15.7 Å².